The summed E-state index contributed by atoms with van der Waals surface area (Å²) in [5.41, 5.74) is 2.62. The van der Waals surface area contributed by atoms with Crippen LogP contribution in [0.25, 0.3) is 0 Å². The van der Waals surface area contributed by atoms with Gasteiger partial charge in [-0.1, -0.05) is 37.3 Å². The van der Waals surface area contributed by atoms with Crippen molar-refractivity contribution in [3.8, 4) is 0 Å². The van der Waals surface area contributed by atoms with Crippen molar-refractivity contribution in [2.75, 3.05) is 0 Å². The first-order valence-corrected chi connectivity index (χ1v) is 7.11. The Kier molecular flexibility index (Phi) is 3.90. The fraction of sp³-hybridized carbons (Fsp3) is 0.333. The fourth-order valence-corrected chi connectivity index (χ4v) is 3.66. The molecule has 2 heteroatoms. The molecule has 0 aliphatic rings. The normalized spacial score (nSPS) is 14.6. The van der Waals surface area contributed by atoms with E-state index < -0.39 is 0 Å². The molecule has 0 saturated heterocycles. The van der Waals surface area contributed by atoms with E-state index in [1.165, 1.54) is 20.9 Å². The van der Waals surface area contributed by atoms with Crippen LogP contribution < -0.4 is 0 Å². The lowest BCUT2D eigenvalue weighted by Crippen LogP contribution is -2.01. The second-order valence-electron chi connectivity index (χ2n) is 4.51. The molecular weight excluding hydrogens is 248 g/mol. The second-order valence-corrected chi connectivity index (χ2v) is 6.26. The Hall–Kier alpha value is -0.790. The van der Waals surface area contributed by atoms with Gasteiger partial charge in [0.05, 0.1) is 5.38 Å². The topological polar surface area (TPSA) is 0 Å². The number of benzene rings is 1. The van der Waals surface area contributed by atoms with Crippen LogP contribution in [0.4, 0.5) is 0 Å². The van der Waals surface area contributed by atoms with Crippen molar-refractivity contribution in [2.24, 2.45) is 0 Å². The Labute approximate surface area is 112 Å². The molecule has 1 aromatic carbocycles. The number of alkyl halides is 1. The maximum atomic E-state index is 6.62. The molecule has 0 saturated carbocycles. The summed E-state index contributed by atoms with van der Waals surface area (Å²) in [7, 11) is 0. The minimum atomic E-state index is 0.0658. The predicted octanol–water partition coefficient (Wildman–Crippen LogP) is 5.45. The van der Waals surface area contributed by atoms with Gasteiger partial charge in [-0.15, -0.1) is 22.9 Å². The predicted molar refractivity (Wildman–Crippen MR) is 77.2 cm³/mol. The van der Waals surface area contributed by atoms with Crippen LogP contribution in [0.3, 0.4) is 0 Å². The fourth-order valence-electron chi connectivity index (χ4n) is 2.09. The Balaban J connectivity index is 2.26. The summed E-state index contributed by atoms with van der Waals surface area (Å²) in [6.45, 7) is 6.48. The highest BCUT2D eigenvalue weighted by atomic mass is 35.5. The van der Waals surface area contributed by atoms with E-state index in [0.29, 0.717) is 5.92 Å². The van der Waals surface area contributed by atoms with E-state index in [1.54, 1.807) is 0 Å². The quantitative estimate of drug-likeness (QED) is 0.647. The molecule has 2 rings (SSSR count). The Bertz CT molecular complexity index is 487. The maximum Gasteiger partial charge on any atom is 0.0747 e. The number of aryl methyl sites for hydroxylation is 2. The molecule has 0 aliphatic heterocycles. The van der Waals surface area contributed by atoms with Gasteiger partial charge in [0.15, 0.2) is 0 Å². The van der Waals surface area contributed by atoms with Crippen LogP contribution in [0.5, 0.6) is 0 Å². The summed E-state index contributed by atoms with van der Waals surface area (Å²) in [6.07, 6.45) is 0. The van der Waals surface area contributed by atoms with Gasteiger partial charge in [0.25, 0.3) is 0 Å². The van der Waals surface area contributed by atoms with Gasteiger partial charge in [0, 0.05) is 15.7 Å². The van der Waals surface area contributed by atoms with Crippen molar-refractivity contribution in [1.29, 1.82) is 0 Å². The molecule has 0 nitrogen and oxygen atoms in total. The molecule has 0 bridgehead atoms. The first-order chi connectivity index (χ1) is 8.09. The molecule has 0 radical (unpaired) electrons. The molecule has 90 valence electrons. The van der Waals surface area contributed by atoms with Crippen molar-refractivity contribution < 1.29 is 0 Å². The van der Waals surface area contributed by atoms with Crippen LogP contribution in [0, 0.1) is 13.8 Å². The molecule has 2 atom stereocenters. The molecule has 2 aromatic rings. The van der Waals surface area contributed by atoms with E-state index in [-0.39, 0.29) is 5.38 Å². The molecule has 0 spiro atoms. The lowest BCUT2D eigenvalue weighted by atomic mass is 9.95. The average molecular weight is 265 g/mol. The molecule has 2 unspecified atom stereocenters. The van der Waals surface area contributed by atoms with Crippen LogP contribution in [-0.2, 0) is 0 Å². The van der Waals surface area contributed by atoms with Gasteiger partial charge >= 0.3 is 0 Å². The number of hydrogen-bond donors (Lipinski definition) is 0. The summed E-state index contributed by atoms with van der Waals surface area (Å²) in [4.78, 5) is 2.64. The van der Waals surface area contributed by atoms with Gasteiger partial charge in [-0.3, -0.25) is 0 Å². The SMILES string of the molecule is Cc1cc(C)c(C(Cl)C(C)c2ccccc2)s1. The smallest absolute Gasteiger partial charge is 0.0747 e. The molecule has 0 N–H and O–H groups in total. The molecule has 0 aliphatic carbocycles. The van der Waals surface area contributed by atoms with E-state index >= 15 is 0 Å². The van der Waals surface area contributed by atoms with Crippen LogP contribution in [0.2, 0.25) is 0 Å². The molecule has 1 heterocycles. The van der Waals surface area contributed by atoms with Gasteiger partial charge in [0.2, 0.25) is 0 Å². The van der Waals surface area contributed by atoms with E-state index in [1.807, 2.05) is 17.4 Å². The Morgan fingerprint density at radius 2 is 1.76 bits per heavy atom. The molecule has 0 fully saturated rings. The number of thiophene rings is 1. The van der Waals surface area contributed by atoms with E-state index in [9.17, 15) is 0 Å². The highest BCUT2D eigenvalue weighted by Crippen LogP contribution is 2.40. The van der Waals surface area contributed by atoms with Crippen molar-refractivity contribution in [2.45, 2.75) is 32.1 Å². The third kappa shape index (κ3) is 2.72. The minimum absolute atomic E-state index is 0.0658. The van der Waals surface area contributed by atoms with Gasteiger partial charge in [-0.25, -0.2) is 0 Å². The van der Waals surface area contributed by atoms with Crippen molar-refractivity contribution in [3.63, 3.8) is 0 Å². The van der Waals surface area contributed by atoms with E-state index in [2.05, 4.69) is 51.1 Å². The highest BCUT2D eigenvalue weighted by molar-refractivity contribution is 7.12. The summed E-state index contributed by atoms with van der Waals surface area (Å²) in [6, 6.07) is 12.7. The third-order valence-electron chi connectivity index (χ3n) is 3.09. The van der Waals surface area contributed by atoms with Crippen molar-refractivity contribution >= 4 is 22.9 Å². The van der Waals surface area contributed by atoms with Crippen LogP contribution >= 0.6 is 22.9 Å². The molecular formula is C15H17ClS. The first-order valence-electron chi connectivity index (χ1n) is 5.85. The van der Waals surface area contributed by atoms with Crippen LogP contribution in [-0.4, -0.2) is 0 Å². The number of halogens is 1. The minimum Gasteiger partial charge on any atom is -0.144 e. The summed E-state index contributed by atoms with van der Waals surface area (Å²) in [5.74, 6) is 0.342. The molecule has 17 heavy (non-hydrogen) atoms. The van der Waals surface area contributed by atoms with Crippen molar-refractivity contribution in [1.82, 2.24) is 0 Å². The van der Waals surface area contributed by atoms with Gasteiger partial charge in [-0.05, 0) is 31.0 Å². The van der Waals surface area contributed by atoms with Crippen LogP contribution in [0.15, 0.2) is 36.4 Å². The number of rotatable bonds is 3. The second kappa shape index (κ2) is 5.24. The Morgan fingerprint density at radius 3 is 2.29 bits per heavy atom. The zero-order valence-corrected chi connectivity index (χ0v) is 12.0. The lowest BCUT2D eigenvalue weighted by Gasteiger charge is -2.18. The van der Waals surface area contributed by atoms with Gasteiger partial charge < -0.3 is 0 Å². The summed E-state index contributed by atoms with van der Waals surface area (Å²) in [5, 5.41) is 0.0658. The Morgan fingerprint density at radius 1 is 1.12 bits per heavy atom. The standard InChI is InChI=1S/C15H17ClS/c1-10-9-11(2)17-15(10)14(16)12(3)13-7-5-4-6-8-13/h4-9,12,14H,1-3H3. The van der Waals surface area contributed by atoms with Gasteiger partial charge in [-0.2, -0.15) is 0 Å². The van der Waals surface area contributed by atoms with Crippen molar-refractivity contribution in [3.05, 3.63) is 57.3 Å². The average Bonchev–Trinajstić information content (AvgIpc) is 2.68. The third-order valence-corrected chi connectivity index (χ3v) is 5.06. The molecule has 1 aromatic heterocycles. The monoisotopic (exact) mass is 264 g/mol. The lowest BCUT2D eigenvalue weighted by molar-refractivity contribution is 0.739. The number of hydrogen-bond acceptors (Lipinski definition) is 1. The van der Waals surface area contributed by atoms with E-state index in [0.717, 1.165) is 0 Å². The van der Waals surface area contributed by atoms with Gasteiger partial charge in [0.1, 0.15) is 0 Å². The molecule has 0 amide bonds. The maximum absolute atomic E-state index is 6.62. The summed E-state index contributed by atoms with van der Waals surface area (Å²) >= 11 is 8.43. The van der Waals surface area contributed by atoms with E-state index in [4.69, 9.17) is 11.6 Å². The highest BCUT2D eigenvalue weighted by Gasteiger charge is 2.21. The largest absolute Gasteiger partial charge is 0.144 e. The van der Waals surface area contributed by atoms with Crippen LogP contribution in [0.1, 0.15) is 39.1 Å². The summed E-state index contributed by atoms with van der Waals surface area (Å²) < 4.78 is 0. The first kappa shape index (κ1) is 12.7. The zero-order chi connectivity index (χ0) is 12.4. The zero-order valence-electron chi connectivity index (χ0n) is 10.4.